The minimum Gasteiger partial charge on any atom is -0.333 e. The van der Waals surface area contributed by atoms with Crippen molar-refractivity contribution in [2.75, 3.05) is 0 Å². The van der Waals surface area contributed by atoms with Gasteiger partial charge in [0.05, 0.1) is 18.1 Å². The predicted octanol–water partition coefficient (Wildman–Crippen LogP) is 4.48. The highest BCUT2D eigenvalue weighted by molar-refractivity contribution is 5.25. The molecule has 138 valence electrons. The third kappa shape index (κ3) is 4.81. The van der Waals surface area contributed by atoms with Crippen LogP contribution in [0.5, 0.6) is 0 Å². The minimum absolute atomic E-state index is 0.356. The molecular formula is C21H29N5. The van der Waals surface area contributed by atoms with Crippen molar-refractivity contribution in [1.82, 2.24) is 24.3 Å². The third-order valence-electron chi connectivity index (χ3n) is 4.89. The van der Waals surface area contributed by atoms with Crippen LogP contribution in [0.25, 0.3) is 0 Å². The Hall–Kier alpha value is -2.43. The number of imidazole rings is 1. The fourth-order valence-electron chi connectivity index (χ4n) is 3.39. The van der Waals surface area contributed by atoms with Crippen LogP contribution >= 0.6 is 0 Å². The summed E-state index contributed by atoms with van der Waals surface area (Å²) in [6, 6.07) is 9.25. The SMILES string of the molecule is CC(Cc1cn(Cc2ccc(C(C)C)cc2)cn1)CC(C)n1cncn1. The predicted molar refractivity (Wildman–Crippen MR) is 104 cm³/mol. The van der Waals surface area contributed by atoms with Gasteiger partial charge in [-0.1, -0.05) is 45.0 Å². The van der Waals surface area contributed by atoms with Gasteiger partial charge in [-0.05, 0) is 42.7 Å². The molecular weight excluding hydrogens is 322 g/mol. The molecule has 0 amide bonds. The molecule has 2 heterocycles. The third-order valence-corrected chi connectivity index (χ3v) is 4.89. The molecule has 26 heavy (non-hydrogen) atoms. The van der Waals surface area contributed by atoms with Crippen molar-refractivity contribution in [2.45, 2.75) is 59.0 Å². The molecule has 0 aliphatic heterocycles. The summed E-state index contributed by atoms with van der Waals surface area (Å²) in [4.78, 5) is 8.63. The zero-order valence-corrected chi connectivity index (χ0v) is 16.2. The van der Waals surface area contributed by atoms with Crippen LogP contribution in [0.3, 0.4) is 0 Å². The Balaban J connectivity index is 1.54. The van der Waals surface area contributed by atoms with E-state index in [0.29, 0.717) is 17.9 Å². The van der Waals surface area contributed by atoms with Crippen molar-refractivity contribution in [2.24, 2.45) is 5.92 Å². The maximum Gasteiger partial charge on any atom is 0.137 e. The van der Waals surface area contributed by atoms with Crippen LogP contribution in [0.15, 0.2) is 49.4 Å². The highest BCUT2D eigenvalue weighted by atomic mass is 15.3. The monoisotopic (exact) mass is 351 g/mol. The molecule has 0 aliphatic carbocycles. The van der Waals surface area contributed by atoms with E-state index >= 15 is 0 Å². The zero-order chi connectivity index (χ0) is 18.5. The van der Waals surface area contributed by atoms with Crippen LogP contribution in [-0.4, -0.2) is 24.3 Å². The van der Waals surface area contributed by atoms with E-state index in [4.69, 9.17) is 0 Å². The number of benzene rings is 1. The first-order valence-corrected chi connectivity index (χ1v) is 9.45. The van der Waals surface area contributed by atoms with Gasteiger partial charge in [0.1, 0.15) is 12.7 Å². The highest BCUT2D eigenvalue weighted by Crippen LogP contribution is 2.19. The quantitative estimate of drug-likeness (QED) is 0.601. The summed E-state index contributed by atoms with van der Waals surface area (Å²) in [6.07, 6.45) is 9.55. The van der Waals surface area contributed by atoms with Gasteiger partial charge < -0.3 is 4.57 Å². The average Bonchev–Trinajstić information content (AvgIpc) is 3.27. The van der Waals surface area contributed by atoms with E-state index in [1.54, 1.807) is 12.7 Å². The maximum atomic E-state index is 4.60. The van der Waals surface area contributed by atoms with Crippen LogP contribution in [0.4, 0.5) is 0 Å². The second kappa shape index (κ2) is 8.30. The van der Waals surface area contributed by atoms with E-state index in [2.05, 4.69) is 77.8 Å². The number of hydrogen-bond donors (Lipinski definition) is 0. The summed E-state index contributed by atoms with van der Waals surface area (Å²) in [6.45, 7) is 9.78. The summed E-state index contributed by atoms with van der Waals surface area (Å²) in [5.41, 5.74) is 3.85. The van der Waals surface area contributed by atoms with Gasteiger partial charge in [0.15, 0.2) is 0 Å². The largest absolute Gasteiger partial charge is 0.333 e. The lowest BCUT2D eigenvalue weighted by atomic mass is 9.98. The van der Waals surface area contributed by atoms with Crippen LogP contribution in [0.1, 0.15) is 62.9 Å². The molecule has 3 aromatic rings. The minimum atomic E-state index is 0.356. The van der Waals surface area contributed by atoms with Crippen molar-refractivity contribution >= 4 is 0 Å². The Morgan fingerprint density at radius 3 is 2.42 bits per heavy atom. The van der Waals surface area contributed by atoms with E-state index < -0.39 is 0 Å². The fraction of sp³-hybridized carbons (Fsp3) is 0.476. The summed E-state index contributed by atoms with van der Waals surface area (Å²) in [5, 5.41) is 4.23. The smallest absolute Gasteiger partial charge is 0.137 e. The number of hydrogen-bond acceptors (Lipinski definition) is 3. The van der Waals surface area contributed by atoms with Gasteiger partial charge in [0.2, 0.25) is 0 Å². The normalized spacial score (nSPS) is 13.9. The van der Waals surface area contributed by atoms with E-state index in [1.165, 1.54) is 11.1 Å². The molecule has 2 atom stereocenters. The van der Waals surface area contributed by atoms with E-state index in [1.807, 2.05) is 11.0 Å². The highest BCUT2D eigenvalue weighted by Gasteiger charge is 2.13. The molecule has 1 aromatic carbocycles. The molecule has 0 aliphatic rings. The first kappa shape index (κ1) is 18.4. The average molecular weight is 351 g/mol. The van der Waals surface area contributed by atoms with Gasteiger partial charge >= 0.3 is 0 Å². The van der Waals surface area contributed by atoms with Crippen molar-refractivity contribution in [3.8, 4) is 0 Å². The van der Waals surface area contributed by atoms with E-state index in [-0.39, 0.29) is 0 Å². The topological polar surface area (TPSA) is 48.5 Å². The van der Waals surface area contributed by atoms with Crippen molar-refractivity contribution in [3.63, 3.8) is 0 Å². The molecule has 0 radical (unpaired) electrons. The molecule has 0 spiro atoms. The summed E-state index contributed by atoms with van der Waals surface area (Å²) in [5.74, 6) is 1.12. The molecule has 2 unspecified atom stereocenters. The van der Waals surface area contributed by atoms with Crippen LogP contribution in [0.2, 0.25) is 0 Å². The number of rotatable bonds is 8. The van der Waals surface area contributed by atoms with Crippen molar-refractivity contribution in [3.05, 3.63) is 66.3 Å². The van der Waals surface area contributed by atoms with E-state index in [9.17, 15) is 0 Å². The first-order valence-electron chi connectivity index (χ1n) is 9.45. The first-order chi connectivity index (χ1) is 12.5. The molecule has 0 N–H and O–H groups in total. The Morgan fingerprint density at radius 2 is 1.77 bits per heavy atom. The number of nitrogens with zero attached hydrogens (tertiary/aromatic N) is 5. The lowest BCUT2D eigenvalue weighted by molar-refractivity contribution is 0.377. The van der Waals surface area contributed by atoms with Gasteiger partial charge in [-0.15, -0.1) is 0 Å². The van der Waals surface area contributed by atoms with Gasteiger partial charge in [-0.3, -0.25) is 4.68 Å². The zero-order valence-electron chi connectivity index (χ0n) is 16.2. The van der Waals surface area contributed by atoms with Crippen LogP contribution in [-0.2, 0) is 13.0 Å². The second-order valence-corrected chi connectivity index (χ2v) is 7.70. The van der Waals surface area contributed by atoms with E-state index in [0.717, 1.165) is 25.1 Å². The van der Waals surface area contributed by atoms with Crippen molar-refractivity contribution < 1.29 is 0 Å². The lowest BCUT2D eigenvalue weighted by Gasteiger charge is -2.16. The Morgan fingerprint density at radius 1 is 1.00 bits per heavy atom. The number of aromatic nitrogens is 5. The van der Waals surface area contributed by atoms with Gasteiger partial charge in [0, 0.05) is 12.7 Å². The van der Waals surface area contributed by atoms with Gasteiger partial charge in [-0.25, -0.2) is 9.97 Å². The molecule has 3 rings (SSSR count). The molecule has 0 bridgehead atoms. The molecule has 5 heteroatoms. The van der Waals surface area contributed by atoms with Crippen LogP contribution < -0.4 is 0 Å². The van der Waals surface area contributed by atoms with Gasteiger partial charge in [0.25, 0.3) is 0 Å². The summed E-state index contributed by atoms with van der Waals surface area (Å²) >= 11 is 0. The molecule has 2 aromatic heterocycles. The Labute approximate surface area is 156 Å². The molecule has 5 nitrogen and oxygen atoms in total. The standard InChI is InChI=1S/C21H29N5/c1-16(2)20-7-5-19(6-8-20)11-25-12-21(23-15-25)10-17(3)9-18(4)26-14-22-13-24-26/h5-8,12-18H,9-11H2,1-4H3. The Bertz CT molecular complexity index is 786. The van der Waals surface area contributed by atoms with Gasteiger partial charge in [-0.2, -0.15) is 5.10 Å². The molecule has 0 saturated heterocycles. The fourth-order valence-corrected chi connectivity index (χ4v) is 3.39. The second-order valence-electron chi connectivity index (χ2n) is 7.70. The summed E-state index contributed by atoms with van der Waals surface area (Å²) in [7, 11) is 0. The maximum absolute atomic E-state index is 4.60. The van der Waals surface area contributed by atoms with Crippen LogP contribution in [0, 0.1) is 5.92 Å². The molecule has 0 fully saturated rings. The summed E-state index contributed by atoms with van der Waals surface area (Å²) < 4.78 is 4.10. The Kier molecular flexibility index (Phi) is 5.86. The van der Waals surface area contributed by atoms with Crippen molar-refractivity contribution in [1.29, 1.82) is 0 Å². The molecule has 0 saturated carbocycles. The lowest BCUT2D eigenvalue weighted by Crippen LogP contribution is -2.11.